The van der Waals surface area contributed by atoms with Crippen LogP contribution in [0, 0.1) is 0 Å². The minimum absolute atomic E-state index is 0.170. The molecule has 0 atom stereocenters. The first-order valence-electron chi connectivity index (χ1n) is 8.05. The molecule has 0 saturated carbocycles. The summed E-state index contributed by atoms with van der Waals surface area (Å²) >= 11 is 1.43. The van der Waals surface area contributed by atoms with Crippen molar-refractivity contribution in [2.75, 3.05) is 26.0 Å². The van der Waals surface area contributed by atoms with Crippen LogP contribution in [0.4, 0.5) is 0 Å². The molecular weight excluding hydrogens is 328 g/mol. The number of rotatable bonds is 6. The van der Waals surface area contributed by atoms with Crippen LogP contribution >= 0.6 is 11.8 Å². The van der Waals surface area contributed by atoms with Crippen molar-refractivity contribution in [3.63, 3.8) is 0 Å². The number of amides is 1. The lowest BCUT2D eigenvalue weighted by Crippen LogP contribution is -2.29. The normalized spacial score (nSPS) is 14.4. The Hall–Kier alpha value is -2.03. The van der Waals surface area contributed by atoms with Gasteiger partial charge in [-0.25, -0.2) is 0 Å². The average Bonchev–Trinajstić information content (AvgIpc) is 3.30. The topological polar surface area (TPSA) is 78.1 Å². The Morgan fingerprint density at radius 1 is 1.33 bits per heavy atom. The Balaban J connectivity index is 1.78. The zero-order valence-corrected chi connectivity index (χ0v) is 15.0. The van der Waals surface area contributed by atoms with Gasteiger partial charge in [0.05, 0.1) is 12.9 Å². The van der Waals surface area contributed by atoms with Crippen molar-refractivity contribution in [3.05, 3.63) is 6.20 Å². The van der Waals surface area contributed by atoms with Crippen molar-refractivity contribution < 1.29 is 9.53 Å². The van der Waals surface area contributed by atoms with Gasteiger partial charge in [0.25, 0.3) is 0 Å². The second-order valence-corrected chi connectivity index (χ2v) is 6.60. The van der Waals surface area contributed by atoms with Crippen LogP contribution in [-0.2, 0) is 18.4 Å². The van der Waals surface area contributed by atoms with Gasteiger partial charge in [-0.2, -0.15) is 0 Å². The maximum absolute atomic E-state index is 12.2. The van der Waals surface area contributed by atoms with Crippen LogP contribution in [0.3, 0.4) is 0 Å². The first kappa shape index (κ1) is 16.8. The van der Waals surface area contributed by atoms with Gasteiger partial charge in [0, 0.05) is 32.9 Å². The van der Waals surface area contributed by atoms with Gasteiger partial charge >= 0.3 is 0 Å². The molecule has 2 aromatic heterocycles. The molecule has 1 amide bonds. The fourth-order valence-corrected chi connectivity index (χ4v) is 3.74. The molecule has 1 fully saturated rings. The van der Waals surface area contributed by atoms with E-state index >= 15 is 0 Å². The highest BCUT2D eigenvalue weighted by molar-refractivity contribution is 7.99. The second kappa shape index (κ2) is 7.25. The minimum atomic E-state index is 0.170. The van der Waals surface area contributed by atoms with Crippen LogP contribution in [0.5, 0.6) is 5.88 Å². The van der Waals surface area contributed by atoms with Crippen LogP contribution in [0.2, 0.25) is 0 Å². The molecule has 130 valence electrons. The second-order valence-electron chi connectivity index (χ2n) is 5.65. The molecule has 1 aliphatic rings. The number of aryl methyl sites for hydroxylation is 1. The smallest absolute Gasteiger partial charge is 0.243 e. The Morgan fingerprint density at radius 3 is 2.75 bits per heavy atom. The number of ether oxygens (including phenoxy) is 1. The zero-order chi connectivity index (χ0) is 17.1. The lowest BCUT2D eigenvalue weighted by Gasteiger charge is -2.14. The molecule has 0 aliphatic carbocycles. The van der Waals surface area contributed by atoms with Crippen LogP contribution in [-0.4, -0.2) is 61.3 Å². The molecule has 1 saturated heterocycles. The molecule has 0 bridgehead atoms. The number of methoxy groups -OCH3 is 1. The predicted molar refractivity (Wildman–Crippen MR) is 91.0 cm³/mol. The van der Waals surface area contributed by atoms with Gasteiger partial charge in [-0.05, 0) is 19.8 Å². The summed E-state index contributed by atoms with van der Waals surface area (Å²) in [5.41, 5.74) is 0.798. The lowest BCUT2D eigenvalue weighted by molar-refractivity contribution is -0.127. The SMILES string of the molecule is CCn1c(SCC(=O)N2CCCC2)nnc1-c1cn(C)nc1OC. The van der Waals surface area contributed by atoms with Gasteiger partial charge in [0.15, 0.2) is 11.0 Å². The monoisotopic (exact) mass is 350 g/mol. The van der Waals surface area contributed by atoms with Crippen LogP contribution in [0.1, 0.15) is 19.8 Å². The summed E-state index contributed by atoms with van der Waals surface area (Å²) in [6.45, 7) is 4.48. The molecule has 24 heavy (non-hydrogen) atoms. The Kier molecular flexibility index (Phi) is 5.08. The van der Waals surface area contributed by atoms with Crippen molar-refractivity contribution in [1.82, 2.24) is 29.4 Å². The van der Waals surface area contributed by atoms with Crippen LogP contribution in [0.25, 0.3) is 11.4 Å². The van der Waals surface area contributed by atoms with E-state index in [9.17, 15) is 4.79 Å². The minimum Gasteiger partial charge on any atom is -0.479 e. The Morgan fingerprint density at radius 2 is 2.08 bits per heavy atom. The molecular formula is C15H22N6O2S. The van der Waals surface area contributed by atoms with Crippen molar-refractivity contribution in [2.45, 2.75) is 31.5 Å². The highest BCUT2D eigenvalue weighted by Gasteiger charge is 2.22. The summed E-state index contributed by atoms with van der Waals surface area (Å²) in [6, 6.07) is 0. The number of hydrogen-bond donors (Lipinski definition) is 0. The Bertz CT molecular complexity index is 720. The van der Waals surface area contributed by atoms with E-state index in [1.165, 1.54) is 11.8 Å². The molecule has 3 rings (SSSR count). The van der Waals surface area contributed by atoms with E-state index < -0.39 is 0 Å². The molecule has 0 unspecified atom stereocenters. The molecule has 8 nitrogen and oxygen atoms in total. The standard InChI is InChI=1S/C15H22N6O2S/c1-4-21-13(11-9-19(2)18-14(11)23-3)16-17-15(21)24-10-12(22)20-7-5-6-8-20/h9H,4-8,10H2,1-3H3. The van der Waals surface area contributed by atoms with Crippen LogP contribution < -0.4 is 4.74 Å². The number of aromatic nitrogens is 5. The molecule has 0 spiro atoms. The van der Waals surface area contributed by atoms with E-state index in [4.69, 9.17) is 4.74 Å². The summed E-state index contributed by atoms with van der Waals surface area (Å²) in [5, 5.41) is 13.6. The van der Waals surface area contributed by atoms with E-state index in [1.54, 1.807) is 11.8 Å². The number of likely N-dealkylation sites (tertiary alicyclic amines) is 1. The van der Waals surface area contributed by atoms with Gasteiger partial charge in [-0.15, -0.1) is 15.3 Å². The van der Waals surface area contributed by atoms with Gasteiger partial charge in [-0.1, -0.05) is 11.8 Å². The lowest BCUT2D eigenvalue weighted by atomic mass is 10.3. The van der Waals surface area contributed by atoms with Crippen molar-refractivity contribution in [1.29, 1.82) is 0 Å². The molecule has 3 heterocycles. The summed E-state index contributed by atoms with van der Waals surface area (Å²) in [6.07, 6.45) is 4.07. The largest absolute Gasteiger partial charge is 0.479 e. The third-order valence-electron chi connectivity index (χ3n) is 4.05. The molecule has 2 aromatic rings. The zero-order valence-electron chi connectivity index (χ0n) is 14.2. The van der Waals surface area contributed by atoms with Gasteiger partial charge in [-0.3, -0.25) is 9.48 Å². The van der Waals surface area contributed by atoms with E-state index in [-0.39, 0.29) is 5.91 Å². The summed E-state index contributed by atoms with van der Waals surface area (Å²) in [5.74, 6) is 1.79. The quantitative estimate of drug-likeness (QED) is 0.733. The fourth-order valence-electron chi connectivity index (χ4n) is 2.84. The summed E-state index contributed by atoms with van der Waals surface area (Å²) in [7, 11) is 3.42. The van der Waals surface area contributed by atoms with E-state index in [1.807, 2.05) is 29.6 Å². The number of thioether (sulfide) groups is 1. The van der Waals surface area contributed by atoms with Crippen molar-refractivity contribution in [2.24, 2.45) is 7.05 Å². The third-order valence-corrected chi connectivity index (χ3v) is 5.00. The van der Waals surface area contributed by atoms with Crippen LogP contribution in [0.15, 0.2) is 11.4 Å². The number of nitrogens with zero attached hydrogens (tertiary/aromatic N) is 6. The highest BCUT2D eigenvalue weighted by Crippen LogP contribution is 2.30. The third kappa shape index (κ3) is 3.26. The number of hydrogen-bond acceptors (Lipinski definition) is 6. The predicted octanol–water partition coefficient (Wildman–Crippen LogP) is 1.42. The number of carbonyl (C=O) groups excluding carboxylic acids is 1. The molecule has 0 radical (unpaired) electrons. The maximum Gasteiger partial charge on any atom is 0.243 e. The van der Waals surface area contributed by atoms with Crippen molar-refractivity contribution in [3.8, 4) is 17.3 Å². The first-order valence-corrected chi connectivity index (χ1v) is 9.04. The maximum atomic E-state index is 12.2. The average molecular weight is 350 g/mol. The molecule has 0 N–H and O–H groups in total. The van der Waals surface area contributed by atoms with Crippen molar-refractivity contribution >= 4 is 17.7 Å². The van der Waals surface area contributed by atoms with Gasteiger partial charge in [0.1, 0.15) is 5.56 Å². The molecule has 1 aliphatic heterocycles. The molecule has 0 aromatic carbocycles. The summed E-state index contributed by atoms with van der Waals surface area (Å²) < 4.78 is 8.99. The first-order chi connectivity index (χ1) is 11.6. The number of carbonyl (C=O) groups is 1. The van der Waals surface area contributed by atoms with E-state index in [0.717, 1.165) is 36.7 Å². The van der Waals surface area contributed by atoms with E-state index in [0.29, 0.717) is 24.0 Å². The fraction of sp³-hybridized carbons (Fsp3) is 0.600. The highest BCUT2D eigenvalue weighted by atomic mass is 32.2. The molecule has 9 heteroatoms. The Labute approximate surface area is 145 Å². The van der Waals surface area contributed by atoms with E-state index in [2.05, 4.69) is 15.3 Å². The summed E-state index contributed by atoms with van der Waals surface area (Å²) in [4.78, 5) is 14.1. The van der Waals surface area contributed by atoms with Gasteiger partial charge < -0.3 is 14.2 Å². The van der Waals surface area contributed by atoms with Gasteiger partial charge in [0.2, 0.25) is 11.8 Å².